The number of piperidine rings is 1. The summed E-state index contributed by atoms with van der Waals surface area (Å²) in [5, 5.41) is 80.4. The van der Waals surface area contributed by atoms with Gasteiger partial charge in [0.2, 0.25) is 35.5 Å². The lowest BCUT2D eigenvalue weighted by atomic mass is 9.90. The summed E-state index contributed by atoms with van der Waals surface area (Å²) in [6, 6.07) is 3.36. The monoisotopic (exact) mass is 2020 g/mol. The summed E-state index contributed by atoms with van der Waals surface area (Å²) in [4.78, 5) is 272. The number of phenolic OH excluding ortho intramolecular Hbond substituents is 1. The Bertz CT molecular complexity index is 5010. The number of hydrazine groups is 1. The van der Waals surface area contributed by atoms with E-state index in [2.05, 4.69) is 63.0 Å². The third-order valence-corrected chi connectivity index (χ3v) is 27.0. The van der Waals surface area contributed by atoms with E-state index in [4.69, 9.17) is 31.4 Å². The number of nitrogens with one attached hydrogen (secondary N) is 10. The standard InChI is InChI=1S/C90H131N19O28S3/c1-11-16-73(121)136-46-109(85(129)74(48(5)12-2)101-82(127)65-18-13-14-30-106(65)8)66(47(3)4)41-69(137-50(7)110)84-100-64(45-138-84)81(126)96-56(34-51-19-25-59(111)26-20-51)33-49(6)77(122)104-105-90(134)135-31-32-139-140-44-55(86(130)131)37-68(114)63(40-72(119)120)99-80(125)54(39-71(117)118)36-67(113)61(17-15-29-94-88(91)92)97-79(124)53(38-70(115)116)35-60(112)27-28-62(87(132)133)98-78(123)52-21-23-57(24-22-52)107(9)43-58-42-95-76-75(108(58)10)83(128)103-89(93)102-76/h19-26,45,47-49,53-56,58,61-63,65-66,69,74,88,94,111H,11-18,27-44,46,91-92H2,1-10H3,(H,96,126)(H,97,124)(H,98,123)(H,99,125)(H,101,127)(H,104,122)(H,105,134)(H,115,116)(H,117,118)(H,119,120)(H,130,131)(H,132,133)(H4,93,95,102,103,128)/t48?,49-,53-,54-,55-,56+,58?,61-,62-,63-,65+,66+,69+,74-/m0/s1. The number of carboxylic acid groups (broad SMARTS) is 5. The minimum Gasteiger partial charge on any atom is -0.508 e. The van der Waals surface area contributed by atoms with Crippen LogP contribution in [-0.4, -0.2) is 289 Å². The van der Waals surface area contributed by atoms with Gasteiger partial charge in [0.15, 0.2) is 30.2 Å². The van der Waals surface area contributed by atoms with Gasteiger partial charge in [-0.1, -0.05) is 88.1 Å². The molecule has 0 aliphatic carbocycles. The molecule has 772 valence electrons. The van der Waals surface area contributed by atoms with Crippen molar-refractivity contribution in [2.45, 2.75) is 231 Å². The van der Waals surface area contributed by atoms with Crippen LogP contribution >= 0.6 is 32.9 Å². The number of ketones is 3. The summed E-state index contributed by atoms with van der Waals surface area (Å²) in [5.41, 5.74) is 22.4. The molecule has 6 rings (SSSR count). The van der Waals surface area contributed by atoms with Gasteiger partial charge in [-0.3, -0.25) is 102 Å². The molecule has 8 amide bonds. The van der Waals surface area contributed by atoms with Gasteiger partial charge in [0.05, 0.1) is 61.2 Å². The highest BCUT2D eigenvalue weighted by Gasteiger charge is 2.42. The first kappa shape index (κ1) is 116. The lowest BCUT2D eigenvalue weighted by Gasteiger charge is -2.39. The van der Waals surface area contributed by atoms with Gasteiger partial charge in [0, 0.05) is 119 Å². The molecule has 4 aromatic rings. The number of aromatic hydroxyl groups is 1. The Morgan fingerprint density at radius 3 is 1.94 bits per heavy atom. The van der Waals surface area contributed by atoms with Crippen LogP contribution in [-0.2, 0) is 92.5 Å². The van der Waals surface area contributed by atoms with Crippen molar-refractivity contribution in [1.82, 2.24) is 67.5 Å². The summed E-state index contributed by atoms with van der Waals surface area (Å²) in [5.74, 6) is -25.2. The molecule has 140 heavy (non-hydrogen) atoms. The Morgan fingerprint density at radius 1 is 0.693 bits per heavy atom. The molecule has 47 nitrogen and oxygen atoms in total. The second kappa shape index (κ2) is 57.8. The number of amides is 8. The van der Waals surface area contributed by atoms with Crippen LogP contribution < -0.4 is 80.6 Å². The average Bonchev–Trinajstić information content (AvgIpc) is 0.944. The number of aromatic amines is 1. The maximum atomic E-state index is 15.1. The molecule has 50 heteroatoms. The Labute approximate surface area is 820 Å². The first-order chi connectivity index (χ1) is 66.2. The highest BCUT2D eigenvalue weighted by molar-refractivity contribution is 8.76. The number of likely N-dealkylation sites (tertiary alicyclic amines) is 1. The summed E-state index contributed by atoms with van der Waals surface area (Å²) in [6.07, 6.45) is -7.70. The molecule has 1 fully saturated rings. The van der Waals surface area contributed by atoms with Crippen LogP contribution in [0.4, 0.5) is 27.9 Å². The van der Waals surface area contributed by atoms with Crippen LogP contribution in [0.3, 0.4) is 0 Å². The molecule has 14 atom stereocenters. The zero-order valence-corrected chi connectivity index (χ0v) is 82.3. The molecular formula is C90H131N19O28S3. The number of carboxylic acids is 5. The number of nitrogens with two attached hydrogens (primary N) is 3. The van der Waals surface area contributed by atoms with Crippen molar-refractivity contribution in [3.63, 3.8) is 0 Å². The second-order valence-electron chi connectivity index (χ2n) is 35.0. The van der Waals surface area contributed by atoms with Crippen molar-refractivity contribution < 1.29 is 131 Å². The number of anilines is 4. The fourth-order valence-corrected chi connectivity index (χ4v) is 18.6. The van der Waals surface area contributed by atoms with Crippen LogP contribution in [0, 0.1) is 35.5 Å². The predicted octanol–water partition coefficient (Wildman–Crippen LogP) is 2.99. The Morgan fingerprint density at radius 2 is 1.34 bits per heavy atom. The number of likely N-dealkylation sites (N-methyl/N-ethyl adjacent to an activating group) is 3. The van der Waals surface area contributed by atoms with Crippen molar-refractivity contribution in [3.05, 3.63) is 86.1 Å². The molecule has 2 aromatic heterocycles. The number of Topliss-reactive ketones (excluding diaryl/α,β-unsaturated/α-hetero) is 3. The Balaban J connectivity index is 1.02. The van der Waals surface area contributed by atoms with E-state index in [1.165, 1.54) is 48.4 Å². The van der Waals surface area contributed by atoms with Gasteiger partial charge in [0.1, 0.15) is 52.9 Å². The van der Waals surface area contributed by atoms with E-state index in [0.29, 0.717) is 61.7 Å². The minimum absolute atomic E-state index is 0.0200. The maximum Gasteiger partial charge on any atom is 0.426 e. The fourth-order valence-electron chi connectivity index (χ4n) is 15.6. The average molecular weight is 2020 g/mol. The van der Waals surface area contributed by atoms with Gasteiger partial charge in [-0.15, -0.1) is 11.3 Å². The number of hydrogen-bond donors (Lipinski definition) is 19. The lowest BCUT2D eigenvalue weighted by molar-refractivity contribution is -0.161. The molecule has 2 unspecified atom stereocenters. The van der Waals surface area contributed by atoms with Gasteiger partial charge in [-0.25, -0.2) is 20.0 Å². The normalized spacial score (nSPS) is 16.1. The third-order valence-electron chi connectivity index (χ3n) is 23.6. The molecule has 2 aromatic carbocycles. The van der Waals surface area contributed by atoms with Gasteiger partial charge in [-0.05, 0) is 125 Å². The van der Waals surface area contributed by atoms with E-state index >= 15 is 4.79 Å². The number of nitrogen functional groups attached to an aromatic ring is 1. The number of thiazole rings is 1. The number of fused-ring (bicyclic) bond motifs is 1. The van der Waals surface area contributed by atoms with Crippen molar-refractivity contribution in [2.75, 3.05) is 93.0 Å². The molecule has 0 bridgehead atoms. The first-order valence-corrected chi connectivity index (χ1v) is 49.2. The molecule has 22 N–H and O–H groups in total. The van der Waals surface area contributed by atoms with Crippen LogP contribution in [0.25, 0.3) is 0 Å². The number of rotatable bonds is 61. The third kappa shape index (κ3) is 38.5. The summed E-state index contributed by atoms with van der Waals surface area (Å²) < 4.78 is 16.8. The highest BCUT2D eigenvalue weighted by Crippen LogP contribution is 2.34. The van der Waals surface area contributed by atoms with Crippen LogP contribution in [0.5, 0.6) is 5.75 Å². The number of ether oxygens (including phenoxy) is 3. The number of H-pyrrole nitrogens is 1. The van der Waals surface area contributed by atoms with Crippen molar-refractivity contribution in [2.24, 2.45) is 47.0 Å². The molecule has 2 aliphatic rings. The Kier molecular flexibility index (Phi) is 47.9. The van der Waals surface area contributed by atoms with Crippen molar-refractivity contribution in [1.29, 1.82) is 0 Å². The number of benzene rings is 2. The van der Waals surface area contributed by atoms with E-state index in [0.717, 1.165) is 45.8 Å². The zero-order chi connectivity index (χ0) is 104. The van der Waals surface area contributed by atoms with Crippen LogP contribution in [0.2, 0.25) is 0 Å². The van der Waals surface area contributed by atoms with E-state index in [1.807, 2.05) is 44.5 Å². The second-order valence-corrected chi connectivity index (χ2v) is 38.5. The topological polar surface area (TPSA) is 714 Å². The SMILES string of the molecule is CCCC(=O)OCN(C(=O)[C@@H](NC(=O)[C@H]1CCCCN1C)C(C)CC)[C@H](C[C@@H](OC(C)=O)c1nc(C(=O)N[C@@H](Cc2ccc(O)cc2)C[C@H](C)C(=O)NNC(=O)OCCSSC[C@H](CC(=O)[C@H](CC(=O)O)NC(=O)[C@H](CC(=O)O)CC(=O)[C@H](CCCNC(N)N)NC(=O)[C@H](CC(=O)O)CC(=O)CC[C@H](NC(=O)c2ccc(N(C)CC3CNc4nc(N)[nH]c(=O)c4N3C)cc2)C(=O)O)C(=O)O)cs1)C(C)C. The van der Waals surface area contributed by atoms with Gasteiger partial charge < -0.3 is 109 Å². The van der Waals surface area contributed by atoms with E-state index < -0.39 is 243 Å². The maximum absolute atomic E-state index is 15.1. The molecule has 0 spiro atoms. The number of carbonyl (C=O) groups excluding carboxylic acids is 13. The number of carbonyl (C=O) groups is 18. The van der Waals surface area contributed by atoms with Crippen molar-refractivity contribution >= 4 is 163 Å². The fraction of sp³-hybridized carbons (Fsp3) is 0.589. The highest BCUT2D eigenvalue weighted by atomic mass is 33.1. The minimum atomic E-state index is -2.02. The van der Waals surface area contributed by atoms with Crippen molar-refractivity contribution in [3.8, 4) is 5.75 Å². The van der Waals surface area contributed by atoms with Gasteiger partial charge in [0.25, 0.3) is 17.4 Å². The number of nitrogens with zero attached hydrogens (tertiary/aromatic N) is 6. The zero-order valence-electron chi connectivity index (χ0n) is 79.8. The van der Waals surface area contributed by atoms with Crippen LogP contribution in [0.15, 0.2) is 58.7 Å². The first-order valence-electron chi connectivity index (χ1n) is 45.8. The number of aliphatic carboxylic acids is 5. The van der Waals surface area contributed by atoms with Gasteiger partial charge in [-0.2, -0.15) is 4.98 Å². The van der Waals surface area contributed by atoms with Gasteiger partial charge >= 0.3 is 47.9 Å². The molecule has 2 aliphatic heterocycles. The largest absolute Gasteiger partial charge is 0.508 e. The van der Waals surface area contributed by atoms with E-state index in [1.54, 1.807) is 50.2 Å². The number of aromatic nitrogens is 3. The summed E-state index contributed by atoms with van der Waals surface area (Å²) >= 11 is 0.991. The number of hydrogen-bond acceptors (Lipinski definition) is 36. The molecule has 4 heterocycles. The summed E-state index contributed by atoms with van der Waals surface area (Å²) in [7, 11) is 7.21. The quantitative estimate of drug-likeness (QED) is 0.00754. The van der Waals surface area contributed by atoms with Crippen LogP contribution in [0.1, 0.15) is 202 Å². The van der Waals surface area contributed by atoms with E-state index in [9.17, 15) is 117 Å². The Hall–Kier alpha value is -12.7. The smallest absolute Gasteiger partial charge is 0.426 e. The number of esters is 2. The predicted molar refractivity (Wildman–Crippen MR) is 513 cm³/mol. The van der Waals surface area contributed by atoms with E-state index in [-0.39, 0.29) is 115 Å². The molecule has 1 saturated heterocycles. The molecule has 0 saturated carbocycles. The molecule has 0 radical (unpaired) electrons. The number of phenols is 1. The summed E-state index contributed by atoms with van der Waals surface area (Å²) in [6.45, 7) is 12.5. The lowest BCUT2D eigenvalue weighted by Crippen LogP contribution is -2.59. The molecular weight excluding hydrogens is 1890 g/mol.